The number of amides is 1. The van der Waals surface area contributed by atoms with Crippen LogP contribution in [0.15, 0.2) is 57.7 Å². The van der Waals surface area contributed by atoms with Gasteiger partial charge in [0.1, 0.15) is 11.3 Å². The largest absolute Gasteiger partial charge is 0.497 e. The average Bonchev–Trinajstić information content (AvgIpc) is 2.71. The van der Waals surface area contributed by atoms with Crippen molar-refractivity contribution < 1.29 is 13.9 Å². The number of carbonyl (C=O) groups is 1. The minimum atomic E-state index is -0.393. The maximum absolute atomic E-state index is 12.3. The molecular weight excluding hydrogens is 354 g/mol. The zero-order valence-corrected chi connectivity index (χ0v) is 16.3. The van der Waals surface area contributed by atoms with Gasteiger partial charge in [-0.05, 0) is 49.4 Å². The highest BCUT2D eigenvalue weighted by molar-refractivity contribution is 5.82. The van der Waals surface area contributed by atoms with Crippen LogP contribution in [0.25, 0.3) is 11.0 Å². The molecule has 146 valence electrons. The van der Waals surface area contributed by atoms with E-state index in [1.165, 1.54) is 5.56 Å². The van der Waals surface area contributed by atoms with Gasteiger partial charge in [-0.1, -0.05) is 30.3 Å². The van der Waals surface area contributed by atoms with E-state index < -0.39 is 5.63 Å². The molecule has 3 rings (SSSR count). The highest BCUT2D eigenvalue weighted by Crippen LogP contribution is 2.24. The molecule has 0 unspecified atom stereocenters. The Morgan fingerprint density at radius 2 is 1.89 bits per heavy atom. The van der Waals surface area contributed by atoms with Gasteiger partial charge in [0.2, 0.25) is 5.91 Å². The molecule has 1 aromatic heterocycles. The molecule has 5 heteroatoms. The first-order valence-corrected chi connectivity index (χ1v) is 9.49. The lowest BCUT2D eigenvalue weighted by Crippen LogP contribution is -2.25. The van der Waals surface area contributed by atoms with Crippen molar-refractivity contribution in [2.75, 3.05) is 13.7 Å². The maximum Gasteiger partial charge on any atom is 0.339 e. The average molecular weight is 379 g/mol. The Labute approximate surface area is 164 Å². The van der Waals surface area contributed by atoms with Crippen molar-refractivity contribution in [2.24, 2.45) is 0 Å². The first-order chi connectivity index (χ1) is 13.6. The van der Waals surface area contributed by atoms with Crippen LogP contribution in [0.1, 0.15) is 29.5 Å². The molecule has 0 fully saturated rings. The second-order valence-corrected chi connectivity index (χ2v) is 6.79. The summed E-state index contributed by atoms with van der Waals surface area (Å²) >= 11 is 0. The highest BCUT2D eigenvalue weighted by Gasteiger charge is 2.13. The van der Waals surface area contributed by atoms with Gasteiger partial charge >= 0.3 is 5.63 Å². The third-order valence-corrected chi connectivity index (χ3v) is 4.90. The molecule has 0 aliphatic heterocycles. The number of benzene rings is 2. The smallest absolute Gasteiger partial charge is 0.339 e. The molecular formula is C23H25NO4. The third-order valence-electron chi connectivity index (χ3n) is 4.90. The number of rotatable bonds is 8. The first kappa shape index (κ1) is 19.7. The summed E-state index contributed by atoms with van der Waals surface area (Å²) in [5, 5.41) is 3.79. The van der Waals surface area contributed by atoms with Gasteiger partial charge in [0.15, 0.2) is 0 Å². The van der Waals surface area contributed by atoms with Crippen LogP contribution >= 0.6 is 0 Å². The summed E-state index contributed by atoms with van der Waals surface area (Å²) < 4.78 is 10.6. The van der Waals surface area contributed by atoms with Gasteiger partial charge in [0.25, 0.3) is 0 Å². The zero-order valence-electron chi connectivity index (χ0n) is 16.3. The number of ether oxygens (including phenoxy) is 1. The van der Waals surface area contributed by atoms with E-state index in [1.807, 2.05) is 37.3 Å². The maximum atomic E-state index is 12.3. The summed E-state index contributed by atoms with van der Waals surface area (Å²) in [7, 11) is 1.57. The molecule has 28 heavy (non-hydrogen) atoms. The van der Waals surface area contributed by atoms with Crippen LogP contribution in [0, 0.1) is 6.92 Å². The molecule has 0 saturated heterocycles. The second kappa shape index (κ2) is 9.22. The minimum absolute atomic E-state index is 0.0540. The standard InChI is InChI=1S/C23H25NO4/c1-16-19-11-10-18(27-2)15-21(19)28-23(26)20(16)12-13-22(25)24-14-6-9-17-7-4-3-5-8-17/h3-5,7-8,10-11,15H,6,9,12-14H2,1-2H3,(H,24,25). The van der Waals surface area contributed by atoms with Gasteiger partial charge in [0.05, 0.1) is 7.11 Å². The number of carbonyl (C=O) groups excluding carboxylic acids is 1. The lowest BCUT2D eigenvalue weighted by molar-refractivity contribution is -0.121. The van der Waals surface area contributed by atoms with Gasteiger partial charge in [-0.25, -0.2) is 4.79 Å². The Morgan fingerprint density at radius 3 is 2.64 bits per heavy atom. The molecule has 1 heterocycles. The second-order valence-electron chi connectivity index (χ2n) is 6.79. The minimum Gasteiger partial charge on any atom is -0.497 e. The fourth-order valence-electron chi connectivity index (χ4n) is 3.28. The molecule has 0 aliphatic rings. The fourth-order valence-corrected chi connectivity index (χ4v) is 3.28. The van der Waals surface area contributed by atoms with Crippen LogP contribution in [0.3, 0.4) is 0 Å². The summed E-state index contributed by atoms with van der Waals surface area (Å²) in [6.07, 6.45) is 2.44. The van der Waals surface area contributed by atoms with Crippen LogP contribution in [0.5, 0.6) is 5.75 Å². The molecule has 0 atom stereocenters. The van der Waals surface area contributed by atoms with E-state index in [2.05, 4.69) is 17.4 Å². The highest BCUT2D eigenvalue weighted by atomic mass is 16.5. The van der Waals surface area contributed by atoms with E-state index >= 15 is 0 Å². The molecule has 1 amide bonds. The monoisotopic (exact) mass is 379 g/mol. The molecule has 1 N–H and O–H groups in total. The van der Waals surface area contributed by atoms with Crippen LogP contribution < -0.4 is 15.7 Å². The molecule has 5 nitrogen and oxygen atoms in total. The number of aryl methyl sites for hydroxylation is 2. The summed E-state index contributed by atoms with van der Waals surface area (Å²) in [4.78, 5) is 24.5. The van der Waals surface area contributed by atoms with E-state index in [1.54, 1.807) is 13.2 Å². The Hall–Kier alpha value is -3.08. The number of methoxy groups -OCH3 is 1. The van der Waals surface area contributed by atoms with Gasteiger partial charge in [0, 0.05) is 30.0 Å². The molecule has 0 bridgehead atoms. The van der Waals surface area contributed by atoms with Crippen molar-refractivity contribution in [3.63, 3.8) is 0 Å². The van der Waals surface area contributed by atoms with Gasteiger partial charge < -0.3 is 14.5 Å². The van der Waals surface area contributed by atoms with Crippen molar-refractivity contribution in [2.45, 2.75) is 32.6 Å². The number of fused-ring (bicyclic) bond motifs is 1. The summed E-state index contributed by atoms with van der Waals surface area (Å²) in [5.41, 5.74) is 2.77. The molecule has 2 aromatic carbocycles. The van der Waals surface area contributed by atoms with Crippen LogP contribution in [0.2, 0.25) is 0 Å². The predicted molar refractivity (Wildman–Crippen MR) is 110 cm³/mol. The number of hydrogen-bond donors (Lipinski definition) is 1. The zero-order chi connectivity index (χ0) is 19.9. The van der Waals surface area contributed by atoms with Gasteiger partial charge in [-0.15, -0.1) is 0 Å². The lowest BCUT2D eigenvalue weighted by Gasteiger charge is -2.09. The van der Waals surface area contributed by atoms with Crippen LogP contribution in [-0.2, 0) is 17.6 Å². The van der Waals surface area contributed by atoms with Crippen molar-refractivity contribution >= 4 is 16.9 Å². The quantitative estimate of drug-likeness (QED) is 0.478. The molecule has 3 aromatic rings. The lowest BCUT2D eigenvalue weighted by atomic mass is 10.0. The van der Waals surface area contributed by atoms with Crippen molar-refractivity contribution in [3.05, 3.63) is 75.6 Å². The summed E-state index contributed by atoms with van der Waals surface area (Å²) in [6, 6.07) is 15.6. The summed E-state index contributed by atoms with van der Waals surface area (Å²) in [6.45, 7) is 2.51. The Bertz CT molecular complexity index is 1010. The first-order valence-electron chi connectivity index (χ1n) is 9.49. The van der Waals surface area contributed by atoms with Gasteiger partial charge in [-0.2, -0.15) is 0 Å². The normalized spacial score (nSPS) is 10.8. The van der Waals surface area contributed by atoms with Crippen LogP contribution in [0.4, 0.5) is 0 Å². The van der Waals surface area contributed by atoms with Gasteiger partial charge in [-0.3, -0.25) is 4.79 Å². The number of nitrogens with one attached hydrogen (secondary N) is 1. The Kier molecular flexibility index (Phi) is 6.48. The molecule has 0 spiro atoms. The van der Waals surface area contributed by atoms with E-state index in [0.717, 1.165) is 23.8 Å². The predicted octanol–water partition coefficient (Wildman–Crippen LogP) is 3.79. The topological polar surface area (TPSA) is 68.5 Å². The fraction of sp³-hybridized carbons (Fsp3) is 0.304. The number of hydrogen-bond acceptors (Lipinski definition) is 4. The van der Waals surface area contributed by atoms with E-state index in [4.69, 9.17) is 9.15 Å². The van der Waals surface area contributed by atoms with Crippen molar-refractivity contribution in [3.8, 4) is 5.75 Å². The molecule has 0 saturated carbocycles. The van der Waals surface area contributed by atoms with Crippen molar-refractivity contribution in [1.82, 2.24) is 5.32 Å². The van der Waals surface area contributed by atoms with Crippen LogP contribution in [-0.4, -0.2) is 19.6 Å². The molecule has 0 aliphatic carbocycles. The Balaban J connectivity index is 1.55. The Morgan fingerprint density at radius 1 is 1.11 bits per heavy atom. The third kappa shape index (κ3) is 4.80. The van der Waals surface area contributed by atoms with E-state index in [9.17, 15) is 9.59 Å². The van der Waals surface area contributed by atoms with Crippen molar-refractivity contribution in [1.29, 1.82) is 0 Å². The van der Waals surface area contributed by atoms with E-state index in [-0.39, 0.29) is 12.3 Å². The summed E-state index contributed by atoms with van der Waals surface area (Å²) in [5.74, 6) is 0.583. The molecule has 0 radical (unpaired) electrons. The van der Waals surface area contributed by atoms with E-state index in [0.29, 0.717) is 29.9 Å². The SMILES string of the molecule is COc1ccc2c(C)c(CCC(=O)NCCCc3ccccc3)c(=O)oc2c1.